The lowest BCUT2D eigenvalue weighted by atomic mass is 10.1. The summed E-state index contributed by atoms with van der Waals surface area (Å²) in [4.78, 5) is 16.0. The number of carbonyl (C=O) groups excluding carboxylic acids is 1. The molecule has 1 fully saturated rings. The van der Waals surface area contributed by atoms with E-state index in [0.717, 1.165) is 19.5 Å². The Bertz CT molecular complexity index is 428. The summed E-state index contributed by atoms with van der Waals surface area (Å²) in [7, 11) is 0. The molecule has 1 unspecified atom stereocenters. The lowest BCUT2D eigenvalue weighted by Gasteiger charge is -2.36. The molecule has 0 bridgehead atoms. The van der Waals surface area contributed by atoms with Gasteiger partial charge in [-0.25, -0.2) is 0 Å². The first-order valence-corrected chi connectivity index (χ1v) is 6.18. The fourth-order valence-corrected chi connectivity index (χ4v) is 2.22. The fourth-order valence-electron chi connectivity index (χ4n) is 2.22. The Morgan fingerprint density at radius 2 is 2.28 bits per heavy atom. The van der Waals surface area contributed by atoms with Crippen molar-refractivity contribution in [1.82, 2.24) is 20.0 Å². The standard InChI is InChI=1S/C12H17N5O/c1-2-11(7-13)16-3-5-17(6-4-16)12(18)10-8-14-15-9-10/h8-9,11H,2-6H2,1H3,(H,14,15). The second-order valence-electron chi connectivity index (χ2n) is 4.37. The molecule has 96 valence electrons. The molecule has 1 amide bonds. The van der Waals surface area contributed by atoms with Crippen molar-refractivity contribution in [3.63, 3.8) is 0 Å². The SMILES string of the molecule is CCC(C#N)N1CCN(C(=O)c2cn[nH]c2)CC1. The van der Waals surface area contributed by atoms with E-state index < -0.39 is 0 Å². The zero-order valence-corrected chi connectivity index (χ0v) is 10.5. The van der Waals surface area contributed by atoms with Gasteiger partial charge in [-0.1, -0.05) is 6.92 Å². The van der Waals surface area contributed by atoms with Gasteiger partial charge < -0.3 is 4.90 Å². The number of nitrogens with zero attached hydrogens (tertiary/aromatic N) is 4. The van der Waals surface area contributed by atoms with Crippen molar-refractivity contribution < 1.29 is 4.79 Å². The molecule has 2 rings (SSSR count). The van der Waals surface area contributed by atoms with Gasteiger partial charge in [-0.3, -0.25) is 14.8 Å². The van der Waals surface area contributed by atoms with E-state index in [1.165, 1.54) is 0 Å². The topological polar surface area (TPSA) is 76.0 Å². The molecule has 1 saturated heterocycles. The number of piperazine rings is 1. The summed E-state index contributed by atoms with van der Waals surface area (Å²) in [6, 6.07) is 2.27. The zero-order valence-electron chi connectivity index (χ0n) is 10.5. The van der Waals surface area contributed by atoms with Crippen LogP contribution in [0.2, 0.25) is 0 Å². The van der Waals surface area contributed by atoms with Crippen LogP contribution in [-0.4, -0.2) is 58.1 Å². The fraction of sp³-hybridized carbons (Fsp3) is 0.583. The highest BCUT2D eigenvalue weighted by atomic mass is 16.2. The van der Waals surface area contributed by atoms with Gasteiger partial charge in [0.05, 0.1) is 23.9 Å². The van der Waals surface area contributed by atoms with Crippen molar-refractivity contribution in [2.45, 2.75) is 19.4 Å². The first-order valence-electron chi connectivity index (χ1n) is 6.18. The quantitative estimate of drug-likeness (QED) is 0.842. The van der Waals surface area contributed by atoms with Crippen LogP contribution in [0, 0.1) is 11.3 Å². The number of hydrogen-bond donors (Lipinski definition) is 1. The molecule has 0 radical (unpaired) electrons. The average Bonchev–Trinajstić information content (AvgIpc) is 2.94. The van der Waals surface area contributed by atoms with Crippen molar-refractivity contribution in [2.24, 2.45) is 0 Å². The van der Waals surface area contributed by atoms with Crippen LogP contribution in [0.5, 0.6) is 0 Å². The van der Waals surface area contributed by atoms with E-state index in [4.69, 9.17) is 5.26 Å². The largest absolute Gasteiger partial charge is 0.336 e. The molecule has 6 heteroatoms. The smallest absolute Gasteiger partial charge is 0.257 e. The van der Waals surface area contributed by atoms with Crippen molar-refractivity contribution >= 4 is 5.91 Å². The van der Waals surface area contributed by atoms with Crippen LogP contribution in [0.4, 0.5) is 0 Å². The van der Waals surface area contributed by atoms with Gasteiger partial charge in [-0.15, -0.1) is 0 Å². The lowest BCUT2D eigenvalue weighted by Crippen LogP contribution is -2.51. The summed E-state index contributed by atoms with van der Waals surface area (Å²) in [5.41, 5.74) is 0.593. The Morgan fingerprint density at radius 1 is 1.56 bits per heavy atom. The van der Waals surface area contributed by atoms with Gasteiger partial charge in [-0.2, -0.15) is 10.4 Å². The van der Waals surface area contributed by atoms with Gasteiger partial charge in [-0.05, 0) is 6.42 Å². The van der Waals surface area contributed by atoms with E-state index in [0.29, 0.717) is 18.7 Å². The summed E-state index contributed by atoms with van der Waals surface area (Å²) < 4.78 is 0. The number of carbonyl (C=O) groups is 1. The normalized spacial score (nSPS) is 18.3. The Labute approximate surface area is 106 Å². The average molecular weight is 247 g/mol. The van der Waals surface area contributed by atoms with E-state index in [9.17, 15) is 4.79 Å². The Hall–Kier alpha value is -1.87. The molecule has 0 aliphatic carbocycles. The van der Waals surface area contributed by atoms with Gasteiger partial charge in [0, 0.05) is 32.4 Å². The van der Waals surface area contributed by atoms with Crippen molar-refractivity contribution in [2.75, 3.05) is 26.2 Å². The Balaban J connectivity index is 1.91. The molecule has 1 atom stereocenters. The number of nitrogens with one attached hydrogen (secondary N) is 1. The second-order valence-corrected chi connectivity index (χ2v) is 4.37. The van der Waals surface area contributed by atoms with Crippen molar-refractivity contribution in [1.29, 1.82) is 5.26 Å². The number of aromatic nitrogens is 2. The molecule has 1 aliphatic heterocycles. The maximum atomic E-state index is 12.1. The molecule has 18 heavy (non-hydrogen) atoms. The summed E-state index contributed by atoms with van der Waals surface area (Å²) in [6.07, 6.45) is 3.98. The highest BCUT2D eigenvalue weighted by Gasteiger charge is 2.25. The summed E-state index contributed by atoms with van der Waals surface area (Å²) >= 11 is 0. The summed E-state index contributed by atoms with van der Waals surface area (Å²) in [5, 5.41) is 15.4. The zero-order chi connectivity index (χ0) is 13.0. The predicted molar refractivity (Wildman–Crippen MR) is 65.8 cm³/mol. The van der Waals surface area contributed by atoms with E-state index >= 15 is 0 Å². The molecule has 1 N–H and O–H groups in total. The summed E-state index contributed by atoms with van der Waals surface area (Å²) in [5.74, 6) is 0.00778. The number of hydrogen-bond acceptors (Lipinski definition) is 4. The maximum Gasteiger partial charge on any atom is 0.257 e. The molecule has 2 heterocycles. The minimum Gasteiger partial charge on any atom is -0.336 e. The maximum absolute atomic E-state index is 12.1. The van der Waals surface area contributed by atoms with Gasteiger partial charge in [0.1, 0.15) is 0 Å². The number of aromatic amines is 1. The number of rotatable bonds is 3. The van der Waals surface area contributed by atoms with Gasteiger partial charge in [0.15, 0.2) is 0 Å². The van der Waals surface area contributed by atoms with Gasteiger partial charge in [0.25, 0.3) is 5.91 Å². The lowest BCUT2D eigenvalue weighted by molar-refractivity contribution is 0.0604. The molecule has 0 aromatic carbocycles. The van der Waals surface area contributed by atoms with Gasteiger partial charge in [0.2, 0.25) is 0 Å². The van der Waals surface area contributed by atoms with E-state index in [1.54, 1.807) is 12.4 Å². The number of H-pyrrole nitrogens is 1. The van der Waals surface area contributed by atoms with Crippen LogP contribution < -0.4 is 0 Å². The molecule has 1 aromatic rings. The predicted octanol–water partition coefficient (Wildman–Crippen LogP) is 0.470. The first kappa shape index (κ1) is 12.6. The second kappa shape index (κ2) is 5.65. The summed E-state index contributed by atoms with van der Waals surface area (Å²) in [6.45, 7) is 4.87. The molecule has 0 saturated carbocycles. The molecule has 0 spiro atoms. The highest BCUT2D eigenvalue weighted by molar-refractivity contribution is 5.93. The molecular formula is C12H17N5O. The number of nitriles is 1. The van der Waals surface area contributed by atoms with Crippen LogP contribution in [-0.2, 0) is 0 Å². The van der Waals surface area contributed by atoms with Crippen molar-refractivity contribution in [3.8, 4) is 6.07 Å². The van der Waals surface area contributed by atoms with Crippen LogP contribution in [0.1, 0.15) is 23.7 Å². The van der Waals surface area contributed by atoms with E-state index in [1.807, 2.05) is 11.8 Å². The third kappa shape index (κ3) is 2.51. The van der Waals surface area contributed by atoms with E-state index in [-0.39, 0.29) is 11.9 Å². The monoisotopic (exact) mass is 247 g/mol. The highest BCUT2D eigenvalue weighted by Crippen LogP contribution is 2.11. The molecule has 1 aliphatic rings. The molecule has 1 aromatic heterocycles. The van der Waals surface area contributed by atoms with E-state index in [2.05, 4.69) is 21.2 Å². The Kier molecular flexibility index (Phi) is 3.95. The van der Waals surface area contributed by atoms with Crippen LogP contribution >= 0.6 is 0 Å². The number of amides is 1. The molecule has 6 nitrogen and oxygen atoms in total. The van der Waals surface area contributed by atoms with Crippen LogP contribution in [0.3, 0.4) is 0 Å². The first-order chi connectivity index (χ1) is 8.76. The van der Waals surface area contributed by atoms with Crippen LogP contribution in [0.25, 0.3) is 0 Å². The third-order valence-corrected chi connectivity index (χ3v) is 3.32. The van der Waals surface area contributed by atoms with Gasteiger partial charge >= 0.3 is 0 Å². The van der Waals surface area contributed by atoms with Crippen molar-refractivity contribution in [3.05, 3.63) is 18.0 Å². The van der Waals surface area contributed by atoms with Crippen LogP contribution in [0.15, 0.2) is 12.4 Å². The minimum atomic E-state index is -0.0313. The molecular weight excluding hydrogens is 230 g/mol. The third-order valence-electron chi connectivity index (χ3n) is 3.32. The minimum absolute atomic E-state index is 0.00778. The Morgan fingerprint density at radius 3 is 2.78 bits per heavy atom.